The molecule has 2 aromatic carbocycles. The van der Waals surface area contributed by atoms with Gasteiger partial charge in [-0.2, -0.15) is 5.10 Å². The number of hydrogen-bond donors (Lipinski definition) is 1. The van der Waals surface area contributed by atoms with E-state index in [2.05, 4.69) is 5.10 Å². The minimum atomic E-state index is -3.18. The third kappa shape index (κ3) is 4.11. The van der Waals surface area contributed by atoms with Crippen LogP contribution in [0.4, 0.5) is 8.78 Å². The Labute approximate surface area is 190 Å². The van der Waals surface area contributed by atoms with E-state index in [-0.39, 0.29) is 24.5 Å². The molecule has 1 aromatic heterocycles. The molecule has 33 heavy (non-hydrogen) atoms. The number of aromatic nitrogens is 2. The van der Waals surface area contributed by atoms with Crippen LogP contribution in [-0.2, 0) is 20.1 Å². The summed E-state index contributed by atoms with van der Waals surface area (Å²) in [4.78, 5) is 14.9. The quantitative estimate of drug-likeness (QED) is 0.630. The molecule has 2 aliphatic rings. The molecular formula is C25H25F2N3O3. The van der Waals surface area contributed by atoms with E-state index in [0.29, 0.717) is 25.1 Å². The molecule has 5 rings (SSSR count). The number of halogens is 2. The van der Waals surface area contributed by atoms with Crippen LogP contribution in [0.3, 0.4) is 0 Å². The van der Waals surface area contributed by atoms with Crippen LogP contribution < -0.4 is 4.74 Å². The minimum absolute atomic E-state index is 0.200. The average Bonchev–Trinajstić information content (AvgIpc) is 3.36. The molecule has 172 valence electrons. The molecule has 8 heteroatoms. The SMILES string of the molecule is Cn1cc(-c2ccc(CN3Cc4cccc(O[C@H]5CCCC(F)(F)[C@@H]5O)c4C3=O)cc2)cn1. The molecule has 1 amide bonds. The van der Waals surface area contributed by atoms with E-state index < -0.39 is 18.1 Å². The van der Waals surface area contributed by atoms with Gasteiger partial charge in [0, 0.05) is 38.3 Å². The zero-order valence-electron chi connectivity index (χ0n) is 18.2. The Bertz CT molecular complexity index is 1180. The number of aliphatic hydroxyl groups excluding tert-OH is 1. The number of benzene rings is 2. The number of alkyl halides is 2. The molecule has 0 spiro atoms. The van der Waals surface area contributed by atoms with Gasteiger partial charge in [-0.3, -0.25) is 9.48 Å². The Morgan fingerprint density at radius 1 is 1.18 bits per heavy atom. The molecule has 6 nitrogen and oxygen atoms in total. The van der Waals surface area contributed by atoms with Gasteiger partial charge in [-0.05, 0) is 35.6 Å². The van der Waals surface area contributed by atoms with Gasteiger partial charge >= 0.3 is 0 Å². The van der Waals surface area contributed by atoms with Crippen LogP contribution in [0, 0.1) is 0 Å². The molecule has 0 saturated heterocycles. The van der Waals surface area contributed by atoms with E-state index in [9.17, 15) is 18.7 Å². The summed E-state index contributed by atoms with van der Waals surface area (Å²) in [6.07, 6.45) is 1.05. The maximum atomic E-state index is 13.9. The van der Waals surface area contributed by atoms with Crippen LogP contribution >= 0.6 is 0 Å². The van der Waals surface area contributed by atoms with Gasteiger partial charge in [-0.25, -0.2) is 8.78 Å². The fraction of sp³-hybridized carbons (Fsp3) is 0.360. The van der Waals surface area contributed by atoms with Gasteiger partial charge < -0.3 is 14.7 Å². The molecule has 3 aromatic rings. The van der Waals surface area contributed by atoms with Crippen molar-refractivity contribution in [2.75, 3.05) is 0 Å². The molecule has 1 aliphatic heterocycles. The summed E-state index contributed by atoms with van der Waals surface area (Å²) < 4.78 is 35.4. The highest BCUT2D eigenvalue weighted by molar-refractivity contribution is 6.01. The zero-order valence-corrected chi connectivity index (χ0v) is 18.2. The second-order valence-electron chi connectivity index (χ2n) is 8.81. The number of aliphatic hydroxyl groups is 1. The van der Waals surface area contributed by atoms with E-state index in [4.69, 9.17) is 4.74 Å². The number of carbonyl (C=O) groups is 1. The first-order valence-electron chi connectivity index (χ1n) is 11.0. The first-order chi connectivity index (χ1) is 15.8. The Morgan fingerprint density at radius 2 is 1.97 bits per heavy atom. The van der Waals surface area contributed by atoms with Crippen molar-refractivity contribution in [3.63, 3.8) is 0 Å². The first-order valence-corrected chi connectivity index (χ1v) is 11.0. The van der Waals surface area contributed by atoms with Gasteiger partial charge in [0.1, 0.15) is 11.9 Å². The van der Waals surface area contributed by atoms with Crippen molar-refractivity contribution in [1.82, 2.24) is 14.7 Å². The molecule has 1 fully saturated rings. The van der Waals surface area contributed by atoms with Gasteiger partial charge in [0.05, 0.1) is 11.8 Å². The Hall–Kier alpha value is -3.26. The number of nitrogens with zero attached hydrogens (tertiary/aromatic N) is 3. The first kappa shape index (κ1) is 21.6. The van der Waals surface area contributed by atoms with Crippen molar-refractivity contribution in [2.45, 2.75) is 50.5 Å². The van der Waals surface area contributed by atoms with E-state index in [0.717, 1.165) is 22.3 Å². The predicted octanol–water partition coefficient (Wildman–Crippen LogP) is 4.17. The van der Waals surface area contributed by atoms with Crippen molar-refractivity contribution in [3.8, 4) is 16.9 Å². The van der Waals surface area contributed by atoms with E-state index in [1.165, 1.54) is 0 Å². The highest BCUT2D eigenvalue weighted by Gasteiger charge is 2.47. The smallest absolute Gasteiger partial charge is 0.277 e. The number of aryl methyl sites for hydroxylation is 1. The normalized spacial score (nSPS) is 21.8. The van der Waals surface area contributed by atoms with Gasteiger partial charge in [-0.1, -0.05) is 36.4 Å². The second-order valence-corrected chi connectivity index (χ2v) is 8.81. The maximum absolute atomic E-state index is 13.9. The summed E-state index contributed by atoms with van der Waals surface area (Å²) in [5.41, 5.74) is 4.23. The summed E-state index contributed by atoms with van der Waals surface area (Å²) in [7, 11) is 1.87. The molecule has 0 bridgehead atoms. The lowest BCUT2D eigenvalue weighted by atomic mass is 9.91. The molecule has 1 aliphatic carbocycles. The van der Waals surface area contributed by atoms with Crippen molar-refractivity contribution in [1.29, 1.82) is 0 Å². The molecular weight excluding hydrogens is 428 g/mol. The predicted molar refractivity (Wildman–Crippen MR) is 118 cm³/mol. The van der Waals surface area contributed by atoms with Gasteiger partial charge in [0.2, 0.25) is 0 Å². The molecule has 0 unspecified atom stereocenters. The highest BCUT2D eigenvalue weighted by atomic mass is 19.3. The van der Waals surface area contributed by atoms with E-state index in [1.54, 1.807) is 27.9 Å². The standard InChI is InChI=1S/C25H25F2N3O3/c1-29-14-19(12-28-29)17-9-7-16(8-10-17)13-30-15-18-4-2-5-20(22(18)24(30)32)33-21-6-3-11-25(26,27)23(21)31/h2,4-5,7-10,12,14,21,23,31H,3,6,11,13,15H2,1H3/t21-,23+/m0/s1. The highest BCUT2D eigenvalue weighted by Crippen LogP contribution is 2.38. The van der Waals surface area contributed by atoms with Crippen molar-refractivity contribution >= 4 is 5.91 Å². The van der Waals surface area contributed by atoms with E-state index >= 15 is 0 Å². The van der Waals surface area contributed by atoms with Crippen LogP contribution in [0.1, 0.15) is 40.7 Å². The lowest BCUT2D eigenvalue weighted by Gasteiger charge is -2.34. The Morgan fingerprint density at radius 3 is 2.70 bits per heavy atom. The molecule has 2 heterocycles. The summed E-state index contributed by atoms with van der Waals surface area (Å²) in [5, 5.41) is 14.2. The Kier molecular flexibility index (Phi) is 5.40. The number of carbonyl (C=O) groups excluding carboxylic acids is 1. The topological polar surface area (TPSA) is 67.6 Å². The molecule has 2 atom stereocenters. The third-order valence-corrected chi connectivity index (χ3v) is 6.40. The second kappa shape index (κ2) is 8.26. The summed E-state index contributed by atoms with van der Waals surface area (Å²) >= 11 is 0. The van der Waals surface area contributed by atoms with Crippen LogP contribution in [0.5, 0.6) is 5.75 Å². The third-order valence-electron chi connectivity index (χ3n) is 6.40. The maximum Gasteiger partial charge on any atom is 0.277 e. The zero-order chi connectivity index (χ0) is 23.2. The lowest BCUT2D eigenvalue weighted by molar-refractivity contribution is -0.169. The van der Waals surface area contributed by atoms with Crippen molar-refractivity contribution < 1.29 is 23.4 Å². The summed E-state index contributed by atoms with van der Waals surface area (Å²) in [5.74, 6) is -3.12. The number of fused-ring (bicyclic) bond motifs is 1. The van der Waals surface area contributed by atoms with Crippen LogP contribution in [0.25, 0.3) is 11.1 Å². The van der Waals surface area contributed by atoms with Crippen LogP contribution in [0.15, 0.2) is 54.9 Å². The number of rotatable bonds is 5. The van der Waals surface area contributed by atoms with Crippen LogP contribution in [0.2, 0.25) is 0 Å². The van der Waals surface area contributed by atoms with Crippen LogP contribution in [-0.4, -0.2) is 43.8 Å². The number of hydrogen-bond acceptors (Lipinski definition) is 4. The largest absolute Gasteiger partial charge is 0.487 e. The fourth-order valence-electron chi connectivity index (χ4n) is 4.61. The summed E-state index contributed by atoms with van der Waals surface area (Å²) in [6.45, 7) is 0.837. The number of amides is 1. The van der Waals surface area contributed by atoms with Gasteiger partial charge in [0.25, 0.3) is 11.8 Å². The van der Waals surface area contributed by atoms with Crippen molar-refractivity contribution in [2.24, 2.45) is 7.05 Å². The monoisotopic (exact) mass is 453 g/mol. The fourth-order valence-corrected chi connectivity index (χ4v) is 4.61. The van der Waals surface area contributed by atoms with Gasteiger partial charge in [-0.15, -0.1) is 0 Å². The molecule has 0 radical (unpaired) electrons. The summed E-state index contributed by atoms with van der Waals surface area (Å²) in [6, 6.07) is 13.2. The minimum Gasteiger partial charge on any atom is -0.487 e. The Balaban J connectivity index is 1.31. The van der Waals surface area contributed by atoms with Crippen molar-refractivity contribution in [3.05, 3.63) is 71.5 Å². The number of ether oxygens (including phenoxy) is 1. The lowest BCUT2D eigenvalue weighted by Crippen LogP contribution is -2.48. The van der Waals surface area contributed by atoms with E-state index in [1.807, 2.05) is 43.6 Å². The molecule has 1 saturated carbocycles. The molecule has 1 N–H and O–H groups in total. The van der Waals surface area contributed by atoms with Gasteiger partial charge in [0.15, 0.2) is 6.10 Å². The average molecular weight is 453 g/mol.